The van der Waals surface area contributed by atoms with Crippen molar-refractivity contribution in [1.82, 2.24) is 0 Å². The summed E-state index contributed by atoms with van der Waals surface area (Å²) >= 11 is 0. The van der Waals surface area contributed by atoms with Crippen LogP contribution in [0.4, 0.5) is 0 Å². The minimum Gasteiger partial charge on any atom is -0.0616 e. The molecule has 72 valence electrons. The first kappa shape index (κ1) is 8.49. The minimum atomic E-state index is 1.29. The van der Waals surface area contributed by atoms with Gasteiger partial charge in [0.05, 0.1) is 0 Å². The van der Waals surface area contributed by atoms with Gasteiger partial charge in [-0.25, -0.2) is 0 Å². The summed E-state index contributed by atoms with van der Waals surface area (Å²) in [5, 5.41) is 2.61. The number of hydrogen-bond acceptors (Lipinski definition) is 0. The van der Waals surface area contributed by atoms with Crippen molar-refractivity contribution in [2.75, 3.05) is 0 Å². The Balaban J connectivity index is 2.65. The van der Waals surface area contributed by atoms with Gasteiger partial charge in [0, 0.05) is 0 Å². The molecule has 3 aliphatic rings. The molecule has 0 saturated heterocycles. The van der Waals surface area contributed by atoms with Gasteiger partial charge in [0.15, 0.2) is 0 Å². The summed E-state index contributed by atoms with van der Waals surface area (Å²) in [6, 6.07) is 19.7. The molecule has 0 amide bonds. The molecular formula is C15H12. The maximum absolute atomic E-state index is 2.25. The SMILES string of the molecule is Cc1cc2ccccc3cc-2ccc3c1. The van der Waals surface area contributed by atoms with Crippen molar-refractivity contribution in [2.45, 2.75) is 6.92 Å². The van der Waals surface area contributed by atoms with E-state index < -0.39 is 0 Å². The van der Waals surface area contributed by atoms with Gasteiger partial charge in [-0.2, -0.15) is 0 Å². The van der Waals surface area contributed by atoms with Gasteiger partial charge in [0.2, 0.25) is 0 Å². The maximum atomic E-state index is 2.25. The summed E-state index contributed by atoms with van der Waals surface area (Å²) in [6.07, 6.45) is 0. The molecule has 4 bridgehead atoms. The first-order valence-electron chi connectivity index (χ1n) is 5.22. The number of rotatable bonds is 0. The van der Waals surface area contributed by atoms with Crippen LogP contribution in [-0.2, 0) is 0 Å². The summed E-state index contributed by atoms with van der Waals surface area (Å²) in [4.78, 5) is 0. The van der Waals surface area contributed by atoms with Crippen molar-refractivity contribution in [1.29, 1.82) is 0 Å². The van der Waals surface area contributed by atoms with E-state index in [1.54, 1.807) is 0 Å². The summed E-state index contributed by atoms with van der Waals surface area (Å²) in [5.41, 5.74) is 3.91. The highest BCUT2D eigenvalue weighted by Crippen LogP contribution is 2.26. The van der Waals surface area contributed by atoms with E-state index in [4.69, 9.17) is 0 Å². The van der Waals surface area contributed by atoms with Gasteiger partial charge in [0.25, 0.3) is 0 Å². The standard InChI is InChI=1S/C15H12/c1-11-8-12-4-2-3-5-13-10-15(12)7-6-14(13)9-11/h2-10H,1H3. The van der Waals surface area contributed by atoms with Crippen molar-refractivity contribution in [3.63, 3.8) is 0 Å². The fourth-order valence-corrected chi connectivity index (χ4v) is 2.11. The molecule has 0 N–H and O–H groups in total. The Kier molecular flexibility index (Phi) is 1.75. The van der Waals surface area contributed by atoms with E-state index in [9.17, 15) is 0 Å². The van der Waals surface area contributed by atoms with Crippen LogP contribution in [0.3, 0.4) is 0 Å². The molecule has 0 radical (unpaired) electrons. The Morgan fingerprint density at radius 3 is 2.33 bits per heavy atom. The number of benzene rings is 1. The Bertz CT molecular complexity index is 593. The van der Waals surface area contributed by atoms with E-state index in [2.05, 4.69) is 61.5 Å². The van der Waals surface area contributed by atoms with Crippen molar-refractivity contribution >= 4 is 10.8 Å². The molecule has 0 aromatic heterocycles. The second-order valence-corrected chi connectivity index (χ2v) is 4.05. The first-order chi connectivity index (χ1) is 7.33. The van der Waals surface area contributed by atoms with Crippen molar-refractivity contribution in [2.24, 2.45) is 0 Å². The fraction of sp³-hybridized carbons (Fsp3) is 0.0667. The number of hydrogen-bond donors (Lipinski definition) is 0. The zero-order chi connectivity index (χ0) is 10.3. The van der Waals surface area contributed by atoms with Crippen LogP contribution < -0.4 is 0 Å². The van der Waals surface area contributed by atoms with E-state index in [1.807, 2.05) is 0 Å². The van der Waals surface area contributed by atoms with Gasteiger partial charge < -0.3 is 0 Å². The van der Waals surface area contributed by atoms with Crippen molar-refractivity contribution < 1.29 is 0 Å². The van der Waals surface area contributed by atoms with Crippen molar-refractivity contribution in [3.05, 3.63) is 60.2 Å². The van der Waals surface area contributed by atoms with Gasteiger partial charge in [-0.05, 0) is 40.5 Å². The second-order valence-electron chi connectivity index (χ2n) is 4.05. The molecule has 0 nitrogen and oxygen atoms in total. The third kappa shape index (κ3) is 1.39. The average Bonchev–Trinajstić information content (AvgIpc) is 2.20. The molecule has 0 spiro atoms. The molecule has 0 saturated carbocycles. The lowest BCUT2D eigenvalue weighted by molar-refractivity contribution is 1.49. The molecule has 0 atom stereocenters. The molecule has 0 aliphatic heterocycles. The zero-order valence-electron chi connectivity index (χ0n) is 8.70. The lowest BCUT2D eigenvalue weighted by Crippen LogP contribution is -1.82. The summed E-state index contributed by atoms with van der Waals surface area (Å²) < 4.78 is 0. The van der Waals surface area contributed by atoms with E-state index in [0.717, 1.165) is 0 Å². The van der Waals surface area contributed by atoms with E-state index in [-0.39, 0.29) is 0 Å². The molecule has 4 rings (SSSR count). The third-order valence-corrected chi connectivity index (χ3v) is 2.85. The van der Waals surface area contributed by atoms with E-state index >= 15 is 0 Å². The van der Waals surface area contributed by atoms with Crippen LogP contribution in [-0.4, -0.2) is 0 Å². The molecule has 1 aromatic rings. The summed E-state index contributed by atoms with van der Waals surface area (Å²) in [7, 11) is 0. The van der Waals surface area contributed by atoms with E-state index in [0.29, 0.717) is 0 Å². The topological polar surface area (TPSA) is 0 Å². The predicted molar refractivity (Wildman–Crippen MR) is 65.3 cm³/mol. The van der Waals surface area contributed by atoms with Gasteiger partial charge in [-0.1, -0.05) is 48.5 Å². The largest absolute Gasteiger partial charge is 0.0616 e. The van der Waals surface area contributed by atoms with Crippen molar-refractivity contribution in [3.8, 4) is 11.1 Å². The quantitative estimate of drug-likeness (QED) is 0.499. The lowest BCUT2D eigenvalue weighted by atomic mass is 9.98. The first-order valence-corrected chi connectivity index (χ1v) is 5.22. The molecule has 0 fully saturated rings. The predicted octanol–water partition coefficient (Wildman–Crippen LogP) is 4.25. The Morgan fingerprint density at radius 2 is 1.40 bits per heavy atom. The highest BCUT2D eigenvalue weighted by Gasteiger charge is 2.01. The third-order valence-electron chi connectivity index (χ3n) is 2.85. The molecule has 3 aliphatic carbocycles. The highest BCUT2D eigenvalue weighted by atomic mass is 14.1. The van der Waals surface area contributed by atoms with Gasteiger partial charge >= 0.3 is 0 Å². The smallest absolute Gasteiger partial charge is 0.0178 e. The Hall–Kier alpha value is -1.82. The maximum Gasteiger partial charge on any atom is -0.0178 e. The van der Waals surface area contributed by atoms with Crippen LogP contribution in [0.25, 0.3) is 21.9 Å². The average molecular weight is 192 g/mol. The summed E-state index contributed by atoms with van der Waals surface area (Å²) in [6.45, 7) is 2.15. The van der Waals surface area contributed by atoms with Crippen LogP contribution in [0, 0.1) is 6.92 Å². The molecule has 0 heteroatoms. The summed E-state index contributed by atoms with van der Waals surface area (Å²) in [5.74, 6) is 0. The van der Waals surface area contributed by atoms with Crippen LogP contribution in [0.5, 0.6) is 0 Å². The molecular weight excluding hydrogens is 180 g/mol. The molecule has 0 heterocycles. The zero-order valence-corrected chi connectivity index (χ0v) is 8.70. The van der Waals surface area contributed by atoms with Crippen LogP contribution in [0.2, 0.25) is 0 Å². The van der Waals surface area contributed by atoms with Crippen LogP contribution in [0.15, 0.2) is 54.6 Å². The Morgan fingerprint density at radius 1 is 0.667 bits per heavy atom. The fourth-order valence-electron chi connectivity index (χ4n) is 2.11. The lowest BCUT2D eigenvalue weighted by Gasteiger charge is -2.07. The van der Waals surface area contributed by atoms with Crippen LogP contribution in [0.1, 0.15) is 5.56 Å². The number of aryl methyl sites for hydroxylation is 1. The molecule has 0 unspecified atom stereocenters. The molecule has 1 aromatic carbocycles. The second kappa shape index (κ2) is 3.09. The van der Waals surface area contributed by atoms with Gasteiger partial charge in [-0.15, -0.1) is 0 Å². The Labute approximate surface area is 89.5 Å². The molecule has 15 heavy (non-hydrogen) atoms. The normalized spacial score (nSPS) is 11.0. The van der Waals surface area contributed by atoms with Gasteiger partial charge in [0.1, 0.15) is 0 Å². The van der Waals surface area contributed by atoms with Crippen LogP contribution >= 0.6 is 0 Å². The highest BCUT2D eigenvalue weighted by molar-refractivity contribution is 5.88. The number of fused-ring (bicyclic) bond motifs is 3. The minimum absolute atomic E-state index is 1.29. The monoisotopic (exact) mass is 192 g/mol. The van der Waals surface area contributed by atoms with E-state index in [1.165, 1.54) is 27.5 Å². The van der Waals surface area contributed by atoms with Gasteiger partial charge in [-0.3, -0.25) is 0 Å².